The first-order valence-electron chi connectivity index (χ1n) is 10.7. The van der Waals surface area contributed by atoms with Crippen LogP contribution in [-0.4, -0.2) is 17.5 Å². The number of aromatic nitrogens is 1. The normalized spacial score (nSPS) is 11.8. The van der Waals surface area contributed by atoms with E-state index in [9.17, 15) is 22.8 Å². The Morgan fingerprint density at radius 1 is 0.971 bits per heavy atom. The summed E-state index contributed by atoms with van der Waals surface area (Å²) in [6.07, 6.45) is -4.08. The van der Waals surface area contributed by atoms with E-state index in [4.69, 9.17) is 4.74 Å². The maximum atomic E-state index is 13.2. The van der Waals surface area contributed by atoms with E-state index in [1.165, 1.54) is 46.4 Å². The summed E-state index contributed by atoms with van der Waals surface area (Å²) in [6, 6.07) is 20.0. The Bertz CT molecular complexity index is 1630. The van der Waals surface area contributed by atoms with Crippen LogP contribution in [0.1, 0.15) is 27.2 Å². The molecular weight excluding hydrogens is 475 g/mol. The largest absolute Gasteiger partial charge is 0.464 e. The number of carbonyl (C=O) groups is 1. The number of fused-ring (bicyclic) bond motifs is 2. The predicted molar refractivity (Wildman–Crippen MR) is 130 cm³/mol. The van der Waals surface area contributed by atoms with Crippen molar-refractivity contribution < 1.29 is 22.7 Å². The first-order chi connectivity index (χ1) is 16.8. The van der Waals surface area contributed by atoms with Crippen LogP contribution in [0.4, 0.5) is 13.2 Å². The van der Waals surface area contributed by atoms with Crippen LogP contribution in [0.5, 0.6) is 0 Å². The van der Waals surface area contributed by atoms with Gasteiger partial charge in [0.1, 0.15) is 10.5 Å². The first-order valence-corrected chi connectivity index (χ1v) is 11.5. The Labute approximate surface area is 201 Å². The maximum absolute atomic E-state index is 13.2. The molecule has 0 aliphatic heterocycles. The van der Waals surface area contributed by atoms with Crippen molar-refractivity contribution in [1.29, 1.82) is 0 Å². The van der Waals surface area contributed by atoms with E-state index < -0.39 is 23.3 Å². The van der Waals surface area contributed by atoms with E-state index >= 15 is 0 Å². The number of thiazole rings is 1. The molecule has 2 heterocycles. The van der Waals surface area contributed by atoms with Gasteiger partial charge in [0.15, 0.2) is 0 Å². The van der Waals surface area contributed by atoms with Gasteiger partial charge in [-0.2, -0.15) is 13.2 Å². The number of ether oxygens (including phenoxy) is 1. The Morgan fingerprint density at radius 3 is 2.40 bits per heavy atom. The minimum atomic E-state index is -4.46. The van der Waals surface area contributed by atoms with Crippen LogP contribution < -0.4 is 5.56 Å². The number of esters is 1. The molecule has 4 nitrogen and oxygen atoms in total. The van der Waals surface area contributed by atoms with Crippen molar-refractivity contribution >= 4 is 32.9 Å². The Morgan fingerprint density at radius 2 is 1.69 bits per heavy atom. The number of rotatable bonds is 4. The zero-order valence-corrected chi connectivity index (χ0v) is 19.2. The van der Waals surface area contributed by atoms with E-state index in [-0.39, 0.29) is 5.69 Å². The second-order valence-corrected chi connectivity index (χ2v) is 8.88. The highest BCUT2D eigenvalue weighted by molar-refractivity contribution is 7.16. The minimum absolute atomic E-state index is 0.0716. The van der Waals surface area contributed by atoms with Gasteiger partial charge in [0, 0.05) is 17.0 Å². The van der Waals surface area contributed by atoms with Crippen LogP contribution in [-0.2, 0) is 17.3 Å². The molecule has 0 aliphatic carbocycles. The van der Waals surface area contributed by atoms with Crippen LogP contribution in [0.2, 0.25) is 0 Å². The van der Waals surface area contributed by atoms with Crippen LogP contribution in [0.25, 0.3) is 26.7 Å². The maximum Gasteiger partial charge on any atom is 0.416 e. The highest BCUT2D eigenvalue weighted by Crippen LogP contribution is 2.36. The van der Waals surface area contributed by atoms with E-state index in [1.807, 2.05) is 42.5 Å². The molecule has 0 radical (unpaired) electrons. The number of hydrogen-bond donors (Lipinski definition) is 0. The van der Waals surface area contributed by atoms with Crippen molar-refractivity contribution in [3.63, 3.8) is 0 Å². The van der Waals surface area contributed by atoms with Crippen LogP contribution in [0.3, 0.4) is 0 Å². The molecular formula is C27H18F3NO3S. The van der Waals surface area contributed by atoms with Crippen molar-refractivity contribution in [3.8, 4) is 11.1 Å². The van der Waals surface area contributed by atoms with Gasteiger partial charge in [0.25, 0.3) is 5.56 Å². The van der Waals surface area contributed by atoms with E-state index in [0.717, 1.165) is 28.5 Å². The number of halogens is 3. The van der Waals surface area contributed by atoms with Crippen LogP contribution in [0, 0.1) is 0 Å². The van der Waals surface area contributed by atoms with Gasteiger partial charge in [-0.1, -0.05) is 54.6 Å². The number of hydrogen-bond acceptors (Lipinski definition) is 4. The Hall–Kier alpha value is -3.91. The summed E-state index contributed by atoms with van der Waals surface area (Å²) in [6.45, 7) is 0. The first kappa shape index (κ1) is 22.9. The van der Waals surface area contributed by atoms with Gasteiger partial charge < -0.3 is 4.74 Å². The Kier molecular flexibility index (Phi) is 5.68. The Balaban J connectivity index is 1.76. The quantitative estimate of drug-likeness (QED) is 0.266. The summed E-state index contributed by atoms with van der Waals surface area (Å²) in [5, 5.41) is 3.59. The molecule has 0 unspecified atom stereocenters. The summed E-state index contributed by atoms with van der Waals surface area (Å²) in [7, 11) is 1.22. The molecule has 2 aromatic heterocycles. The summed E-state index contributed by atoms with van der Waals surface area (Å²) in [5.74, 6) is -0.668. The van der Waals surface area contributed by atoms with E-state index in [0.29, 0.717) is 27.9 Å². The molecule has 0 saturated carbocycles. The van der Waals surface area contributed by atoms with Crippen molar-refractivity contribution in [2.24, 2.45) is 0 Å². The molecule has 3 aromatic carbocycles. The fourth-order valence-corrected chi connectivity index (χ4v) is 5.39. The zero-order chi connectivity index (χ0) is 24.7. The molecule has 5 rings (SSSR count). The molecule has 0 bridgehead atoms. The number of carbonyl (C=O) groups excluding carboxylic acids is 1. The number of methoxy groups -OCH3 is 1. The fourth-order valence-electron chi connectivity index (χ4n) is 4.31. The molecule has 176 valence electrons. The molecule has 0 saturated heterocycles. The van der Waals surface area contributed by atoms with Gasteiger partial charge in [-0.25, -0.2) is 4.79 Å². The second-order valence-electron chi connectivity index (χ2n) is 8.03. The molecule has 0 amide bonds. The third-order valence-corrected chi connectivity index (χ3v) is 6.89. The van der Waals surface area contributed by atoms with Gasteiger partial charge in [-0.05, 0) is 46.0 Å². The monoisotopic (exact) mass is 493 g/mol. The van der Waals surface area contributed by atoms with Crippen molar-refractivity contribution in [2.75, 3.05) is 7.11 Å². The van der Waals surface area contributed by atoms with E-state index in [2.05, 4.69) is 0 Å². The molecule has 0 fully saturated rings. The van der Waals surface area contributed by atoms with Crippen molar-refractivity contribution in [1.82, 2.24) is 4.40 Å². The second kappa shape index (κ2) is 8.70. The highest BCUT2D eigenvalue weighted by atomic mass is 32.1. The van der Waals surface area contributed by atoms with Crippen molar-refractivity contribution in [2.45, 2.75) is 12.6 Å². The lowest BCUT2D eigenvalue weighted by Crippen LogP contribution is -2.19. The van der Waals surface area contributed by atoms with Crippen molar-refractivity contribution in [3.05, 3.63) is 111 Å². The number of alkyl halides is 3. The number of nitrogens with zero attached hydrogens (tertiary/aromatic N) is 1. The van der Waals surface area contributed by atoms with Crippen LogP contribution >= 0.6 is 11.3 Å². The molecule has 35 heavy (non-hydrogen) atoms. The summed E-state index contributed by atoms with van der Waals surface area (Å²) in [5.41, 5.74) is 1.65. The standard InChI is InChI=1S/C27H18F3NO3S/c1-34-26(33)22-15-35-25-24(17-9-11-20(12-10-17)27(28,29)30)19(14-23(32)31(22)25)13-18-7-4-6-16-5-2-3-8-21(16)18/h2-12,14-15H,13H2,1H3. The lowest BCUT2D eigenvalue weighted by molar-refractivity contribution is -0.137. The van der Waals surface area contributed by atoms with E-state index in [1.54, 1.807) is 0 Å². The molecule has 0 spiro atoms. The molecule has 8 heteroatoms. The van der Waals surface area contributed by atoms with Gasteiger partial charge in [0.2, 0.25) is 0 Å². The number of pyridine rings is 1. The van der Waals surface area contributed by atoms with Gasteiger partial charge in [0.05, 0.1) is 12.7 Å². The van der Waals surface area contributed by atoms with Gasteiger partial charge >= 0.3 is 12.1 Å². The summed E-state index contributed by atoms with van der Waals surface area (Å²) in [4.78, 5) is 25.9. The number of benzene rings is 3. The SMILES string of the molecule is COC(=O)c1csc2c(-c3ccc(C(F)(F)F)cc3)c(Cc3cccc4ccccc34)cc(=O)n12. The fraction of sp³-hybridized carbons (Fsp3) is 0.111. The average molecular weight is 494 g/mol. The topological polar surface area (TPSA) is 47.8 Å². The van der Waals surface area contributed by atoms with Gasteiger partial charge in [-0.15, -0.1) is 11.3 Å². The minimum Gasteiger partial charge on any atom is -0.464 e. The molecule has 0 aliphatic rings. The average Bonchev–Trinajstić information content (AvgIpc) is 3.29. The predicted octanol–water partition coefficient (Wildman–Crippen LogP) is 6.58. The smallest absolute Gasteiger partial charge is 0.416 e. The molecule has 0 atom stereocenters. The summed E-state index contributed by atoms with van der Waals surface area (Å²) < 4.78 is 45.6. The zero-order valence-electron chi connectivity index (χ0n) is 18.4. The molecule has 5 aromatic rings. The van der Waals surface area contributed by atoms with Crippen LogP contribution in [0.15, 0.2) is 83.0 Å². The lowest BCUT2D eigenvalue weighted by atomic mass is 9.93. The van der Waals surface area contributed by atoms with Gasteiger partial charge in [-0.3, -0.25) is 9.20 Å². The summed E-state index contributed by atoms with van der Waals surface area (Å²) >= 11 is 1.17. The lowest BCUT2D eigenvalue weighted by Gasteiger charge is -2.15. The third-order valence-electron chi connectivity index (χ3n) is 5.94. The molecule has 0 N–H and O–H groups in total. The third kappa shape index (κ3) is 4.10. The highest BCUT2D eigenvalue weighted by Gasteiger charge is 2.30.